The fourth-order valence-corrected chi connectivity index (χ4v) is 3.10. The van der Waals surface area contributed by atoms with E-state index in [1.165, 1.54) is 6.08 Å². The van der Waals surface area contributed by atoms with Crippen LogP contribution < -0.4 is 10.2 Å². The van der Waals surface area contributed by atoms with E-state index in [4.69, 9.17) is 4.74 Å². The second-order valence-corrected chi connectivity index (χ2v) is 6.52. The molecule has 2 aromatic rings. The summed E-state index contributed by atoms with van der Waals surface area (Å²) < 4.78 is 4.85. The molecule has 1 aromatic heterocycles. The molecule has 3 rings (SSSR count). The van der Waals surface area contributed by atoms with Gasteiger partial charge in [-0.25, -0.2) is 9.78 Å². The molecule has 0 atom stereocenters. The number of hydrogen-bond acceptors (Lipinski definition) is 6. The number of carbonyl (C=O) groups is 2. The molecule has 0 spiro atoms. The molecule has 1 aliphatic rings. The number of piperidine rings is 1. The van der Waals surface area contributed by atoms with Crippen LogP contribution in [0.2, 0.25) is 0 Å². The highest BCUT2D eigenvalue weighted by Gasteiger charge is 2.25. The van der Waals surface area contributed by atoms with Gasteiger partial charge in [-0.15, -0.1) is 0 Å². The first-order valence-corrected chi connectivity index (χ1v) is 9.42. The third-order valence-corrected chi connectivity index (χ3v) is 4.62. The summed E-state index contributed by atoms with van der Waals surface area (Å²) in [5.41, 5.74) is 1.61. The second-order valence-electron chi connectivity index (χ2n) is 6.52. The van der Waals surface area contributed by atoms with Gasteiger partial charge in [-0.05, 0) is 43.5 Å². The largest absolute Gasteiger partial charge is 0.463 e. The Morgan fingerprint density at radius 1 is 1.21 bits per heavy atom. The SMILES string of the molecule is CCOC(=O)/C=C/c1ccc(NC(=O)C2CCN(c3cnccn3)CC2)cc1. The van der Waals surface area contributed by atoms with Crippen molar-refractivity contribution in [1.29, 1.82) is 0 Å². The van der Waals surface area contributed by atoms with E-state index in [0.717, 1.165) is 43.0 Å². The zero-order chi connectivity index (χ0) is 19.8. The van der Waals surface area contributed by atoms with E-state index in [0.29, 0.717) is 6.61 Å². The number of carbonyl (C=O) groups excluding carboxylic acids is 2. The van der Waals surface area contributed by atoms with Gasteiger partial charge in [-0.2, -0.15) is 0 Å². The predicted octanol–water partition coefficient (Wildman–Crippen LogP) is 2.91. The number of benzene rings is 1. The molecule has 1 amide bonds. The number of ether oxygens (including phenoxy) is 1. The molecule has 1 N–H and O–H groups in total. The van der Waals surface area contributed by atoms with Crippen LogP contribution in [-0.4, -0.2) is 41.5 Å². The normalized spacial score (nSPS) is 14.8. The van der Waals surface area contributed by atoms with Crippen LogP contribution >= 0.6 is 0 Å². The maximum atomic E-state index is 12.5. The summed E-state index contributed by atoms with van der Waals surface area (Å²) in [7, 11) is 0. The lowest BCUT2D eigenvalue weighted by atomic mass is 9.96. The van der Waals surface area contributed by atoms with Gasteiger partial charge in [0.25, 0.3) is 0 Å². The molecule has 0 radical (unpaired) electrons. The number of hydrogen-bond donors (Lipinski definition) is 1. The minimum Gasteiger partial charge on any atom is -0.463 e. The number of aromatic nitrogens is 2. The Hall–Kier alpha value is -3.22. The van der Waals surface area contributed by atoms with Crippen molar-refractivity contribution in [1.82, 2.24) is 9.97 Å². The minimum atomic E-state index is -0.368. The molecule has 0 saturated carbocycles. The molecule has 2 heterocycles. The van der Waals surface area contributed by atoms with E-state index in [-0.39, 0.29) is 17.8 Å². The number of esters is 1. The summed E-state index contributed by atoms with van der Waals surface area (Å²) in [4.78, 5) is 34.5. The Morgan fingerprint density at radius 3 is 2.61 bits per heavy atom. The maximum Gasteiger partial charge on any atom is 0.330 e. The third-order valence-electron chi connectivity index (χ3n) is 4.62. The van der Waals surface area contributed by atoms with Crippen molar-refractivity contribution in [3.8, 4) is 0 Å². The topological polar surface area (TPSA) is 84.4 Å². The standard InChI is InChI=1S/C21H24N4O3/c1-2-28-20(26)8-5-16-3-6-18(7-4-16)24-21(27)17-9-13-25(14-10-17)19-15-22-11-12-23-19/h3-8,11-12,15,17H,2,9-10,13-14H2,1H3,(H,24,27)/b8-5+. The smallest absolute Gasteiger partial charge is 0.330 e. The molecule has 1 saturated heterocycles. The van der Waals surface area contributed by atoms with Gasteiger partial charge in [-0.1, -0.05) is 12.1 Å². The molecule has 146 valence electrons. The summed E-state index contributed by atoms with van der Waals surface area (Å²) in [5.74, 6) is 0.505. The quantitative estimate of drug-likeness (QED) is 0.613. The molecule has 0 aliphatic carbocycles. The number of nitrogens with zero attached hydrogens (tertiary/aromatic N) is 3. The number of amides is 1. The Kier molecular flexibility index (Phi) is 6.73. The highest BCUT2D eigenvalue weighted by atomic mass is 16.5. The van der Waals surface area contributed by atoms with Crippen molar-refractivity contribution in [3.05, 3.63) is 54.5 Å². The van der Waals surface area contributed by atoms with E-state index < -0.39 is 0 Å². The summed E-state index contributed by atoms with van der Waals surface area (Å²) in [6.45, 7) is 3.69. The van der Waals surface area contributed by atoms with Crippen LogP contribution in [-0.2, 0) is 14.3 Å². The van der Waals surface area contributed by atoms with Gasteiger partial charge in [0.15, 0.2) is 0 Å². The highest BCUT2D eigenvalue weighted by molar-refractivity contribution is 5.93. The van der Waals surface area contributed by atoms with Gasteiger partial charge < -0.3 is 15.0 Å². The number of nitrogens with one attached hydrogen (secondary N) is 1. The van der Waals surface area contributed by atoms with Crippen LogP contribution in [0.15, 0.2) is 48.9 Å². The average molecular weight is 380 g/mol. The number of rotatable bonds is 6. The lowest BCUT2D eigenvalue weighted by Crippen LogP contribution is -2.38. The van der Waals surface area contributed by atoms with Crippen molar-refractivity contribution in [2.45, 2.75) is 19.8 Å². The Labute approximate surface area is 164 Å². The van der Waals surface area contributed by atoms with E-state index in [2.05, 4.69) is 20.2 Å². The molecule has 7 heteroatoms. The van der Waals surface area contributed by atoms with E-state index in [1.54, 1.807) is 31.6 Å². The Morgan fingerprint density at radius 2 is 1.96 bits per heavy atom. The van der Waals surface area contributed by atoms with E-state index >= 15 is 0 Å². The third kappa shape index (κ3) is 5.39. The van der Waals surface area contributed by atoms with Gasteiger partial charge >= 0.3 is 5.97 Å². The lowest BCUT2D eigenvalue weighted by molar-refractivity contribution is -0.137. The summed E-state index contributed by atoms with van der Waals surface area (Å²) in [5, 5.41) is 2.98. The van der Waals surface area contributed by atoms with Crippen LogP contribution in [0.4, 0.5) is 11.5 Å². The lowest BCUT2D eigenvalue weighted by Gasteiger charge is -2.31. The van der Waals surface area contributed by atoms with Gasteiger partial charge in [-0.3, -0.25) is 9.78 Å². The highest BCUT2D eigenvalue weighted by Crippen LogP contribution is 2.22. The minimum absolute atomic E-state index is 0.0173. The van der Waals surface area contributed by atoms with E-state index in [9.17, 15) is 9.59 Å². The van der Waals surface area contributed by atoms with Crippen LogP contribution in [0.3, 0.4) is 0 Å². The van der Waals surface area contributed by atoms with Crippen molar-refractivity contribution in [2.75, 3.05) is 29.9 Å². The van der Waals surface area contributed by atoms with Crippen LogP contribution in [0.5, 0.6) is 0 Å². The van der Waals surface area contributed by atoms with Crippen molar-refractivity contribution in [3.63, 3.8) is 0 Å². The molecule has 28 heavy (non-hydrogen) atoms. The van der Waals surface area contributed by atoms with E-state index in [1.807, 2.05) is 24.3 Å². The van der Waals surface area contributed by atoms with Crippen LogP contribution in [0, 0.1) is 5.92 Å². The Balaban J connectivity index is 1.49. The summed E-state index contributed by atoms with van der Waals surface area (Å²) >= 11 is 0. The van der Waals surface area contributed by atoms with Gasteiger partial charge in [0.05, 0.1) is 12.8 Å². The fraction of sp³-hybridized carbons (Fsp3) is 0.333. The molecule has 0 bridgehead atoms. The van der Waals surface area contributed by atoms with Gasteiger partial charge in [0.2, 0.25) is 5.91 Å². The zero-order valence-electron chi connectivity index (χ0n) is 15.9. The van der Waals surface area contributed by atoms with Gasteiger partial charge in [0.1, 0.15) is 5.82 Å². The van der Waals surface area contributed by atoms with Crippen molar-refractivity contribution >= 4 is 29.5 Å². The summed E-state index contributed by atoms with van der Waals surface area (Å²) in [6, 6.07) is 7.36. The first-order valence-electron chi connectivity index (χ1n) is 9.42. The summed E-state index contributed by atoms with van der Waals surface area (Å²) in [6.07, 6.45) is 9.72. The fourth-order valence-electron chi connectivity index (χ4n) is 3.10. The molecular weight excluding hydrogens is 356 g/mol. The zero-order valence-corrected chi connectivity index (χ0v) is 15.9. The van der Waals surface area contributed by atoms with Crippen molar-refractivity contribution < 1.29 is 14.3 Å². The predicted molar refractivity (Wildman–Crippen MR) is 108 cm³/mol. The van der Waals surface area contributed by atoms with Crippen molar-refractivity contribution in [2.24, 2.45) is 5.92 Å². The molecule has 1 aliphatic heterocycles. The molecular formula is C21H24N4O3. The monoisotopic (exact) mass is 380 g/mol. The maximum absolute atomic E-state index is 12.5. The molecule has 1 aromatic carbocycles. The number of anilines is 2. The second kappa shape index (κ2) is 9.64. The molecule has 7 nitrogen and oxygen atoms in total. The first kappa shape index (κ1) is 19.5. The first-order chi connectivity index (χ1) is 13.7. The van der Waals surface area contributed by atoms with Gasteiger partial charge in [0, 0.05) is 43.2 Å². The average Bonchev–Trinajstić information content (AvgIpc) is 2.74. The van der Waals surface area contributed by atoms with Crippen LogP contribution in [0.1, 0.15) is 25.3 Å². The van der Waals surface area contributed by atoms with Crippen LogP contribution in [0.25, 0.3) is 6.08 Å². The molecule has 0 unspecified atom stereocenters. The Bertz CT molecular complexity index is 813. The molecule has 1 fully saturated rings.